The molecule has 6 aromatic rings. The number of aryl methyl sites for hydroxylation is 4. The quantitative estimate of drug-likeness (QED) is 0.149. The van der Waals surface area contributed by atoms with Gasteiger partial charge < -0.3 is 14.8 Å². The summed E-state index contributed by atoms with van der Waals surface area (Å²) in [7, 11) is 0. The highest BCUT2D eigenvalue weighted by atomic mass is 35.5. The number of nitrogens with one attached hydrogen (secondary N) is 1. The van der Waals surface area contributed by atoms with Crippen LogP contribution in [0.4, 0.5) is 4.39 Å². The molecule has 3 saturated heterocycles. The smallest absolute Gasteiger partial charge is 0.226 e. The van der Waals surface area contributed by atoms with Crippen molar-refractivity contribution in [1.82, 2.24) is 34.8 Å². The van der Waals surface area contributed by atoms with Crippen LogP contribution in [0.15, 0.2) is 66.9 Å². The lowest BCUT2D eigenvalue weighted by Crippen LogP contribution is -2.41. The molecule has 0 radical (unpaired) electrons. The Kier molecular flexibility index (Phi) is 8.88. The van der Waals surface area contributed by atoms with Crippen LogP contribution >= 0.6 is 23.2 Å². The van der Waals surface area contributed by atoms with Gasteiger partial charge in [0.2, 0.25) is 5.91 Å². The van der Waals surface area contributed by atoms with Crippen molar-refractivity contribution in [3.05, 3.63) is 111 Å². The van der Waals surface area contributed by atoms with Gasteiger partial charge in [-0.1, -0.05) is 70.9 Å². The minimum Gasteiger partial charge on any atom is -0.337 e. The van der Waals surface area contributed by atoms with Gasteiger partial charge in [0.05, 0.1) is 45.5 Å². The second kappa shape index (κ2) is 14.0. The van der Waals surface area contributed by atoms with Gasteiger partial charge in [-0.2, -0.15) is 5.26 Å². The van der Waals surface area contributed by atoms with Crippen LogP contribution in [0.1, 0.15) is 78.4 Å². The van der Waals surface area contributed by atoms with Crippen LogP contribution in [0.3, 0.4) is 0 Å². The number of benzene rings is 3. The number of nitriles is 1. The number of nitrogens with zero attached hydrogens (tertiary/aromatic N) is 7. The first-order chi connectivity index (χ1) is 27.3. The highest BCUT2D eigenvalue weighted by molar-refractivity contribution is 6.43. The molecule has 1 amide bonds. The summed E-state index contributed by atoms with van der Waals surface area (Å²) in [6.45, 7) is 3.40. The van der Waals surface area contributed by atoms with Gasteiger partial charge >= 0.3 is 0 Å². The largest absolute Gasteiger partial charge is 0.337 e. The fraction of sp³-hybridized carbons (Fsp3) is 0.386. The van der Waals surface area contributed by atoms with Crippen LogP contribution in [0.5, 0.6) is 0 Å². The lowest BCUT2D eigenvalue weighted by Gasteiger charge is -2.39. The molecule has 56 heavy (non-hydrogen) atoms. The summed E-state index contributed by atoms with van der Waals surface area (Å²) in [5.74, 6) is 0.179. The van der Waals surface area contributed by atoms with Gasteiger partial charge in [0, 0.05) is 71.0 Å². The maximum absolute atomic E-state index is 17.3. The zero-order valence-electron chi connectivity index (χ0n) is 31.1. The van der Waals surface area contributed by atoms with Gasteiger partial charge in [0.15, 0.2) is 5.82 Å². The highest BCUT2D eigenvalue weighted by Gasteiger charge is 2.51. The normalized spacial score (nSPS) is 22.9. The van der Waals surface area contributed by atoms with Crippen LogP contribution in [-0.2, 0) is 24.1 Å². The molecule has 12 heteroatoms. The first-order valence-electron chi connectivity index (χ1n) is 19.7. The number of pyridine rings is 1. The number of aromatic nitrogens is 5. The minimum atomic E-state index is -0.477. The Hall–Kier alpha value is -4.82. The first kappa shape index (κ1) is 35.6. The van der Waals surface area contributed by atoms with Gasteiger partial charge in [-0.3, -0.25) is 4.79 Å². The standard InChI is InChI=1S/C44H41Cl2FN8O/c1-24-32-20-37(36-19-30(23-53(36)44(56)26-13-14-26)54-22-29(51-52-54)15-12-25-7-3-2-4-8-25)55(42-28-18-35(42)49-21-28)43(32)33-17-27(9-6-16-48)38(40(47)41(33)50-24)31-10-5-11-34(45)39(31)46/h2-5,7-8,10-11,17,20,22,26,28,30,35-36,42,49H,6,9,12-15,18-19,21,23H2,1H3. The van der Waals surface area contributed by atoms with Crippen LogP contribution in [0.2, 0.25) is 10.0 Å². The Labute approximate surface area is 334 Å². The molecule has 1 N–H and O–H groups in total. The van der Waals surface area contributed by atoms with E-state index in [2.05, 4.69) is 67.7 Å². The summed E-state index contributed by atoms with van der Waals surface area (Å²) >= 11 is 13.2. The average Bonchev–Trinajstić information content (AvgIpc) is 3.69. The second-order valence-electron chi connectivity index (χ2n) is 16.1. The van der Waals surface area contributed by atoms with E-state index in [9.17, 15) is 10.1 Å². The van der Waals surface area contributed by atoms with Crippen molar-refractivity contribution < 1.29 is 9.18 Å². The van der Waals surface area contributed by atoms with Crippen molar-refractivity contribution >= 4 is 50.9 Å². The van der Waals surface area contributed by atoms with Gasteiger partial charge in [-0.15, -0.1) is 5.10 Å². The summed E-state index contributed by atoms with van der Waals surface area (Å²) in [4.78, 5) is 21.2. The van der Waals surface area contributed by atoms with E-state index in [0.29, 0.717) is 58.1 Å². The molecule has 3 aromatic carbocycles. The Morgan fingerprint density at radius 2 is 1.88 bits per heavy atom. The SMILES string of the molecule is Cc1nc2c(F)c(-c3cccc(Cl)c3Cl)c(CCC#N)cc2c2c1cc(C1CC(n3cc(CCc4ccccc4)nn3)CN1C(=O)C1CC1)n2C1C2CNC1C2. The van der Waals surface area contributed by atoms with E-state index in [0.717, 1.165) is 60.9 Å². The molecule has 5 fully saturated rings. The second-order valence-corrected chi connectivity index (χ2v) is 16.9. The molecule has 9 nitrogen and oxygen atoms in total. The molecular weight excluding hydrogens is 746 g/mol. The van der Waals surface area contributed by atoms with E-state index in [1.165, 1.54) is 5.56 Å². The van der Waals surface area contributed by atoms with E-state index in [-0.39, 0.29) is 53.0 Å². The lowest BCUT2D eigenvalue weighted by molar-refractivity contribution is -0.133. The fourth-order valence-corrected chi connectivity index (χ4v) is 10.1. The van der Waals surface area contributed by atoms with E-state index >= 15 is 4.39 Å². The summed E-state index contributed by atoms with van der Waals surface area (Å²) in [5, 5.41) is 24.8. The topological polar surface area (TPSA) is 105 Å². The Morgan fingerprint density at radius 3 is 2.62 bits per heavy atom. The molecule has 2 aliphatic carbocycles. The summed E-state index contributed by atoms with van der Waals surface area (Å²) in [6.07, 6.45) is 7.85. The molecule has 5 atom stereocenters. The van der Waals surface area contributed by atoms with Crippen LogP contribution in [0, 0.1) is 35.9 Å². The number of rotatable bonds is 10. The number of hydrogen-bond acceptors (Lipinski definition) is 6. The maximum atomic E-state index is 17.3. The highest BCUT2D eigenvalue weighted by Crippen LogP contribution is 2.52. The van der Waals surface area contributed by atoms with Crippen molar-refractivity contribution in [3.63, 3.8) is 0 Å². The lowest BCUT2D eigenvalue weighted by atomic mass is 9.79. The zero-order chi connectivity index (χ0) is 38.2. The van der Waals surface area contributed by atoms with E-state index in [1.807, 2.05) is 23.7 Å². The van der Waals surface area contributed by atoms with E-state index in [4.69, 9.17) is 28.2 Å². The van der Waals surface area contributed by atoms with E-state index < -0.39 is 5.82 Å². The molecule has 284 valence electrons. The maximum Gasteiger partial charge on any atom is 0.226 e. The molecule has 2 saturated carbocycles. The van der Waals surface area contributed by atoms with Gasteiger partial charge in [0.1, 0.15) is 5.52 Å². The predicted octanol–water partition coefficient (Wildman–Crippen LogP) is 8.90. The molecule has 0 spiro atoms. The predicted molar refractivity (Wildman–Crippen MR) is 215 cm³/mol. The molecule has 5 aliphatic rings. The molecule has 2 bridgehead atoms. The van der Waals surface area contributed by atoms with Crippen molar-refractivity contribution in [1.29, 1.82) is 5.26 Å². The number of hydrogen-bond donors (Lipinski definition) is 1. The average molecular weight is 788 g/mol. The third-order valence-corrected chi connectivity index (χ3v) is 13.5. The monoisotopic (exact) mass is 786 g/mol. The number of halogens is 3. The van der Waals surface area contributed by atoms with Crippen LogP contribution in [-0.4, -0.2) is 54.5 Å². The molecular formula is C44H41Cl2FN8O. The molecule has 6 heterocycles. The number of carbonyl (C=O) groups is 1. The van der Waals surface area contributed by atoms with Crippen molar-refractivity contribution in [2.45, 2.75) is 82.5 Å². The first-order valence-corrected chi connectivity index (χ1v) is 20.5. The summed E-state index contributed by atoms with van der Waals surface area (Å²) in [6, 6.07) is 22.3. The number of amides is 1. The third kappa shape index (κ3) is 5.89. The van der Waals surface area contributed by atoms with Gasteiger partial charge in [-0.05, 0) is 87.1 Å². The van der Waals surface area contributed by atoms with Crippen LogP contribution in [0.25, 0.3) is 32.9 Å². The third-order valence-electron chi connectivity index (χ3n) is 12.7. The van der Waals surface area contributed by atoms with Gasteiger partial charge in [-0.25, -0.2) is 14.1 Å². The molecule has 3 aliphatic heterocycles. The minimum absolute atomic E-state index is 0.0422. The van der Waals surface area contributed by atoms with Crippen molar-refractivity contribution in [3.8, 4) is 17.2 Å². The summed E-state index contributed by atoms with van der Waals surface area (Å²) in [5.41, 5.74) is 6.63. The molecule has 3 aromatic heterocycles. The van der Waals surface area contributed by atoms with Crippen LogP contribution < -0.4 is 5.32 Å². The number of carbonyl (C=O) groups excluding carboxylic acids is 1. The van der Waals surface area contributed by atoms with E-state index in [1.54, 1.807) is 18.2 Å². The van der Waals surface area contributed by atoms with Gasteiger partial charge in [0.25, 0.3) is 0 Å². The summed E-state index contributed by atoms with van der Waals surface area (Å²) < 4.78 is 21.7. The Morgan fingerprint density at radius 1 is 1.04 bits per heavy atom. The van der Waals surface area contributed by atoms with Crippen molar-refractivity contribution in [2.24, 2.45) is 11.8 Å². The van der Waals surface area contributed by atoms with Crippen molar-refractivity contribution in [2.75, 3.05) is 13.1 Å². The molecule has 5 unspecified atom stereocenters. The Bertz CT molecular complexity index is 2560. The fourth-order valence-electron chi connectivity index (χ4n) is 9.72. The molecule has 11 rings (SSSR count). The number of fused-ring (bicyclic) bond motifs is 4. The zero-order valence-corrected chi connectivity index (χ0v) is 32.6. The Balaban J connectivity index is 1.12. The number of likely N-dealkylation sites (tertiary alicyclic amines) is 1.